The molecular formula is C23H23ClN8S. The molecule has 168 valence electrons. The molecule has 6 rings (SSSR count). The molecule has 0 amide bonds. The van der Waals surface area contributed by atoms with Gasteiger partial charge in [-0.25, -0.2) is 14.4 Å². The van der Waals surface area contributed by atoms with Crippen molar-refractivity contribution in [2.45, 2.75) is 41.9 Å². The molecule has 1 spiro atoms. The van der Waals surface area contributed by atoms with Gasteiger partial charge in [0.1, 0.15) is 12.1 Å². The summed E-state index contributed by atoms with van der Waals surface area (Å²) in [5.74, 6) is 1.71. The number of rotatable bonds is 3. The average molecular weight is 479 g/mol. The van der Waals surface area contributed by atoms with Crippen molar-refractivity contribution in [3.63, 3.8) is 0 Å². The molecule has 0 unspecified atom stereocenters. The van der Waals surface area contributed by atoms with E-state index in [1.165, 1.54) is 22.9 Å². The molecule has 5 heterocycles. The molecule has 0 radical (unpaired) electrons. The van der Waals surface area contributed by atoms with Crippen LogP contribution in [0.1, 0.15) is 36.8 Å². The first-order valence-corrected chi connectivity index (χ1v) is 12.2. The van der Waals surface area contributed by atoms with Crippen LogP contribution in [0.3, 0.4) is 0 Å². The Morgan fingerprint density at radius 3 is 2.79 bits per heavy atom. The van der Waals surface area contributed by atoms with E-state index in [0.29, 0.717) is 22.2 Å². The lowest BCUT2D eigenvalue weighted by atomic mass is 9.70. The van der Waals surface area contributed by atoms with Crippen molar-refractivity contribution in [3.8, 4) is 0 Å². The highest BCUT2D eigenvalue weighted by Gasteiger charge is 2.45. The molecule has 4 aromatic heterocycles. The number of hydrogen-bond acceptors (Lipinski definition) is 8. The van der Waals surface area contributed by atoms with Gasteiger partial charge in [-0.1, -0.05) is 30.3 Å². The lowest BCUT2D eigenvalue weighted by Gasteiger charge is -2.42. The van der Waals surface area contributed by atoms with Gasteiger partial charge in [-0.3, -0.25) is 4.98 Å². The number of fused-ring (bicyclic) bond motifs is 2. The molecule has 0 aromatic carbocycles. The van der Waals surface area contributed by atoms with E-state index < -0.39 is 0 Å². The summed E-state index contributed by atoms with van der Waals surface area (Å²) in [7, 11) is 0. The van der Waals surface area contributed by atoms with Gasteiger partial charge in [0.05, 0.1) is 9.92 Å². The highest BCUT2D eigenvalue weighted by atomic mass is 35.5. The molecule has 33 heavy (non-hydrogen) atoms. The second-order valence-corrected chi connectivity index (χ2v) is 10.3. The van der Waals surface area contributed by atoms with Crippen LogP contribution in [0.15, 0.2) is 53.0 Å². The average Bonchev–Trinajstić information content (AvgIpc) is 3.42. The molecule has 2 N–H and O–H groups in total. The number of hydrogen-bond donors (Lipinski definition) is 1. The Hall–Kier alpha value is -2.91. The van der Waals surface area contributed by atoms with E-state index in [2.05, 4.69) is 44.3 Å². The molecule has 2 aliphatic rings. The van der Waals surface area contributed by atoms with Crippen LogP contribution in [0, 0.1) is 5.41 Å². The van der Waals surface area contributed by atoms with Crippen molar-refractivity contribution >= 4 is 40.8 Å². The third-order valence-electron chi connectivity index (χ3n) is 7.30. The second-order valence-electron chi connectivity index (χ2n) is 8.88. The maximum Gasteiger partial charge on any atom is 0.212 e. The summed E-state index contributed by atoms with van der Waals surface area (Å²) < 4.78 is 1.97. The number of nitrogens with two attached hydrogens (primary N) is 1. The number of nitrogen functional groups attached to an aromatic ring is 1. The minimum Gasteiger partial charge on any atom is -0.382 e. The number of piperidine rings is 1. The number of anilines is 2. The Labute approximate surface area is 200 Å². The predicted octanol–water partition coefficient (Wildman–Crippen LogP) is 4.25. The molecule has 4 aromatic rings. The van der Waals surface area contributed by atoms with E-state index in [4.69, 9.17) is 22.3 Å². The first-order valence-electron chi connectivity index (χ1n) is 11.0. The Morgan fingerprint density at radius 1 is 1.12 bits per heavy atom. The van der Waals surface area contributed by atoms with Gasteiger partial charge in [0.2, 0.25) is 5.95 Å². The van der Waals surface area contributed by atoms with Crippen LogP contribution in [0.4, 0.5) is 11.8 Å². The molecule has 1 atom stereocenters. The number of pyridine rings is 2. The summed E-state index contributed by atoms with van der Waals surface area (Å²) in [4.78, 5) is 17.2. The summed E-state index contributed by atoms with van der Waals surface area (Å²) in [5, 5.41) is 8.96. The van der Waals surface area contributed by atoms with Gasteiger partial charge < -0.3 is 10.6 Å². The molecular weight excluding hydrogens is 456 g/mol. The van der Waals surface area contributed by atoms with Crippen LogP contribution in [-0.4, -0.2) is 42.6 Å². The number of aromatic nitrogens is 6. The third kappa shape index (κ3) is 3.33. The minimum atomic E-state index is 0.308. The summed E-state index contributed by atoms with van der Waals surface area (Å²) in [6.07, 6.45) is 12.6. The summed E-state index contributed by atoms with van der Waals surface area (Å²) >= 11 is 7.81. The molecule has 8 nitrogen and oxygen atoms in total. The summed E-state index contributed by atoms with van der Waals surface area (Å²) in [6.45, 7) is 4.26. The summed E-state index contributed by atoms with van der Waals surface area (Å²) in [5.41, 5.74) is 9.80. The lowest BCUT2D eigenvalue weighted by molar-refractivity contribution is 0.193. The van der Waals surface area contributed by atoms with Gasteiger partial charge in [0, 0.05) is 42.8 Å². The van der Waals surface area contributed by atoms with Crippen molar-refractivity contribution in [1.82, 2.24) is 29.5 Å². The highest BCUT2D eigenvalue weighted by Crippen LogP contribution is 2.53. The van der Waals surface area contributed by atoms with Crippen LogP contribution in [0.25, 0.3) is 5.65 Å². The molecule has 0 bridgehead atoms. The Balaban J connectivity index is 1.25. The molecule has 1 aliphatic heterocycles. The number of nitrogens with zero attached hydrogens (tertiary/aromatic N) is 7. The fourth-order valence-corrected chi connectivity index (χ4v) is 6.46. The standard InChI is InChI=1S/C23H23ClN8S/c1-14-16-11-26-6-2-15(16)10-23(14)4-8-31(9-5-23)22-28-12-18(21-30-29-13-32(21)22)33-17-3-7-27-20(25)19(17)24/h2-3,6-7,11-14H,4-5,8-10H2,1H3,(H2,25,27)/t14-/m1/s1. The van der Waals surface area contributed by atoms with Crippen molar-refractivity contribution in [3.05, 3.63) is 59.4 Å². The zero-order valence-corrected chi connectivity index (χ0v) is 19.7. The van der Waals surface area contributed by atoms with Gasteiger partial charge in [0.25, 0.3) is 0 Å². The lowest BCUT2D eigenvalue weighted by Crippen LogP contribution is -2.42. The van der Waals surface area contributed by atoms with Crippen molar-refractivity contribution in [2.24, 2.45) is 5.41 Å². The van der Waals surface area contributed by atoms with Crippen LogP contribution >= 0.6 is 23.4 Å². The third-order valence-corrected chi connectivity index (χ3v) is 8.87. The van der Waals surface area contributed by atoms with Gasteiger partial charge in [0.15, 0.2) is 5.65 Å². The quantitative estimate of drug-likeness (QED) is 0.466. The van der Waals surface area contributed by atoms with Crippen molar-refractivity contribution in [1.29, 1.82) is 0 Å². The van der Waals surface area contributed by atoms with E-state index in [1.54, 1.807) is 12.5 Å². The zero-order valence-electron chi connectivity index (χ0n) is 18.1. The zero-order chi connectivity index (χ0) is 22.6. The first kappa shape index (κ1) is 20.7. The largest absolute Gasteiger partial charge is 0.382 e. The SMILES string of the molecule is C[C@@H]1c2cnccc2CC12CCN(c1ncc(Sc3ccnc(N)c3Cl)c3nncn13)CC2. The molecule has 1 fully saturated rings. The monoisotopic (exact) mass is 478 g/mol. The molecule has 1 aliphatic carbocycles. The van der Waals surface area contributed by atoms with Crippen LogP contribution in [-0.2, 0) is 6.42 Å². The van der Waals surface area contributed by atoms with E-state index in [-0.39, 0.29) is 0 Å². The van der Waals surface area contributed by atoms with Gasteiger partial charge in [-0.2, -0.15) is 0 Å². The summed E-state index contributed by atoms with van der Waals surface area (Å²) in [6, 6.07) is 4.03. The fourth-order valence-electron chi connectivity index (χ4n) is 5.34. The predicted molar refractivity (Wildman–Crippen MR) is 129 cm³/mol. The van der Waals surface area contributed by atoms with E-state index >= 15 is 0 Å². The van der Waals surface area contributed by atoms with Gasteiger partial charge in [-0.05, 0) is 53.9 Å². The second kappa shape index (κ2) is 7.85. The first-order chi connectivity index (χ1) is 16.1. The van der Waals surface area contributed by atoms with Crippen molar-refractivity contribution < 1.29 is 0 Å². The van der Waals surface area contributed by atoms with Crippen molar-refractivity contribution in [2.75, 3.05) is 23.7 Å². The molecule has 10 heteroatoms. The fraction of sp³-hybridized carbons (Fsp3) is 0.348. The Kier molecular flexibility index (Phi) is 4.92. The van der Waals surface area contributed by atoms with Crippen LogP contribution in [0.5, 0.6) is 0 Å². The normalized spacial score (nSPS) is 19.3. The maximum atomic E-state index is 6.34. The highest BCUT2D eigenvalue weighted by molar-refractivity contribution is 7.99. The smallest absolute Gasteiger partial charge is 0.212 e. The van der Waals surface area contributed by atoms with Gasteiger partial charge >= 0.3 is 0 Å². The maximum absolute atomic E-state index is 6.34. The van der Waals surface area contributed by atoms with E-state index in [0.717, 1.165) is 53.7 Å². The topological polar surface area (TPSA) is 98.1 Å². The van der Waals surface area contributed by atoms with E-state index in [1.807, 2.05) is 22.9 Å². The van der Waals surface area contributed by atoms with E-state index in [9.17, 15) is 0 Å². The minimum absolute atomic E-state index is 0.308. The van der Waals surface area contributed by atoms with Crippen LogP contribution in [0.2, 0.25) is 5.02 Å². The van der Waals surface area contributed by atoms with Gasteiger partial charge in [-0.15, -0.1) is 10.2 Å². The Bertz CT molecular complexity index is 1350. The number of halogens is 1. The molecule has 1 saturated heterocycles. The Morgan fingerprint density at radius 2 is 1.97 bits per heavy atom. The van der Waals surface area contributed by atoms with Crippen LogP contribution < -0.4 is 10.6 Å². The molecule has 0 saturated carbocycles.